The van der Waals surface area contributed by atoms with Gasteiger partial charge in [0.1, 0.15) is 0 Å². The van der Waals surface area contributed by atoms with Crippen molar-refractivity contribution in [1.29, 1.82) is 0 Å². The molecule has 0 saturated heterocycles. The monoisotopic (exact) mass is 229 g/mol. The standard InChI is InChI=1S/C15H19NO/c1-15(2,11-17)10-16-14-8-7-12-5-3-4-6-13(12)9-14/h3-9,16-17H,10-11H2,1-2H3. The Labute approximate surface area is 102 Å². The number of fused-ring (bicyclic) bond motifs is 1. The lowest BCUT2D eigenvalue weighted by Crippen LogP contribution is -2.26. The average Bonchev–Trinajstić information content (AvgIpc) is 2.36. The molecule has 2 heteroatoms. The summed E-state index contributed by atoms with van der Waals surface area (Å²) in [6.45, 7) is 5.04. The van der Waals surface area contributed by atoms with E-state index in [2.05, 4.69) is 35.6 Å². The van der Waals surface area contributed by atoms with Crippen molar-refractivity contribution < 1.29 is 5.11 Å². The fourth-order valence-corrected chi connectivity index (χ4v) is 1.70. The number of aliphatic hydroxyl groups is 1. The topological polar surface area (TPSA) is 32.3 Å². The smallest absolute Gasteiger partial charge is 0.0498 e. The second kappa shape index (κ2) is 4.76. The van der Waals surface area contributed by atoms with Gasteiger partial charge in [-0.2, -0.15) is 0 Å². The van der Waals surface area contributed by atoms with Crippen LogP contribution in [0.5, 0.6) is 0 Å². The van der Waals surface area contributed by atoms with E-state index in [1.165, 1.54) is 10.8 Å². The first kappa shape index (κ1) is 11.9. The molecule has 17 heavy (non-hydrogen) atoms. The molecule has 2 rings (SSSR count). The first-order valence-corrected chi connectivity index (χ1v) is 5.94. The summed E-state index contributed by atoms with van der Waals surface area (Å²) in [7, 11) is 0. The number of hydrogen-bond acceptors (Lipinski definition) is 2. The van der Waals surface area contributed by atoms with E-state index in [-0.39, 0.29) is 12.0 Å². The molecule has 0 atom stereocenters. The maximum atomic E-state index is 9.20. The minimum atomic E-state index is -0.0916. The Hall–Kier alpha value is -1.54. The van der Waals surface area contributed by atoms with Crippen LogP contribution in [0.2, 0.25) is 0 Å². The molecule has 0 aliphatic heterocycles. The molecular weight excluding hydrogens is 210 g/mol. The minimum absolute atomic E-state index is 0.0916. The maximum Gasteiger partial charge on any atom is 0.0498 e. The molecule has 2 nitrogen and oxygen atoms in total. The van der Waals surface area contributed by atoms with E-state index in [1.54, 1.807) is 0 Å². The van der Waals surface area contributed by atoms with Crippen LogP contribution in [0.25, 0.3) is 10.8 Å². The van der Waals surface area contributed by atoms with E-state index >= 15 is 0 Å². The highest BCUT2D eigenvalue weighted by Gasteiger charge is 2.15. The Kier molecular flexibility index (Phi) is 3.34. The highest BCUT2D eigenvalue weighted by Crippen LogP contribution is 2.20. The van der Waals surface area contributed by atoms with Crippen LogP contribution in [0.15, 0.2) is 42.5 Å². The van der Waals surface area contributed by atoms with Crippen LogP contribution >= 0.6 is 0 Å². The molecule has 0 amide bonds. The summed E-state index contributed by atoms with van der Waals surface area (Å²) in [5.74, 6) is 0. The molecule has 0 aliphatic carbocycles. The van der Waals surface area contributed by atoms with Gasteiger partial charge in [0.2, 0.25) is 0 Å². The molecule has 90 valence electrons. The summed E-state index contributed by atoms with van der Waals surface area (Å²) < 4.78 is 0. The van der Waals surface area contributed by atoms with Gasteiger partial charge in [-0.05, 0) is 22.9 Å². The number of anilines is 1. The summed E-state index contributed by atoms with van der Waals surface area (Å²) >= 11 is 0. The quantitative estimate of drug-likeness (QED) is 0.843. The second-order valence-electron chi connectivity index (χ2n) is 5.24. The minimum Gasteiger partial charge on any atom is -0.396 e. The lowest BCUT2D eigenvalue weighted by Gasteiger charge is -2.22. The average molecular weight is 229 g/mol. The predicted octanol–water partition coefficient (Wildman–Crippen LogP) is 3.27. The molecule has 0 aliphatic rings. The Balaban J connectivity index is 2.14. The van der Waals surface area contributed by atoms with Crippen molar-refractivity contribution in [1.82, 2.24) is 0 Å². The van der Waals surface area contributed by atoms with Crippen LogP contribution in [-0.4, -0.2) is 18.3 Å². The summed E-state index contributed by atoms with van der Waals surface area (Å²) in [6, 6.07) is 14.6. The van der Waals surface area contributed by atoms with Crippen LogP contribution in [-0.2, 0) is 0 Å². The molecule has 0 fully saturated rings. The third-order valence-electron chi connectivity index (χ3n) is 2.95. The number of rotatable bonds is 4. The molecule has 0 saturated carbocycles. The summed E-state index contributed by atoms with van der Waals surface area (Å²) in [6.07, 6.45) is 0. The lowest BCUT2D eigenvalue weighted by molar-refractivity contribution is 0.171. The van der Waals surface area contributed by atoms with E-state index in [0.29, 0.717) is 0 Å². The van der Waals surface area contributed by atoms with Gasteiger partial charge < -0.3 is 10.4 Å². The molecule has 0 heterocycles. The van der Waals surface area contributed by atoms with Gasteiger partial charge in [0.25, 0.3) is 0 Å². The van der Waals surface area contributed by atoms with Gasteiger partial charge in [-0.25, -0.2) is 0 Å². The highest BCUT2D eigenvalue weighted by atomic mass is 16.3. The third-order valence-corrected chi connectivity index (χ3v) is 2.95. The van der Waals surface area contributed by atoms with Crippen molar-refractivity contribution in [3.63, 3.8) is 0 Å². The van der Waals surface area contributed by atoms with Crippen LogP contribution in [0.4, 0.5) is 5.69 Å². The molecule has 0 unspecified atom stereocenters. The fourth-order valence-electron chi connectivity index (χ4n) is 1.70. The maximum absolute atomic E-state index is 9.20. The summed E-state index contributed by atoms with van der Waals surface area (Å²) in [5.41, 5.74) is 1.01. The second-order valence-corrected chi connectivity index (χ2v) is 5.24. The van der Waals surface area contributed by atoms with E-state index in [9.17, 15) is 5.11 Å². The molecule has 0 radical (unpaired) electrons. The molecule has 0 spiro atoms. The Morgan fingerprint density at radius 1 is 1.06 bits per heavy atom. The zero-order valence-electron chi connectivity index (χ0n) is 10.4. The zero-order chi connectivity index (χ0) is 12.3. The van der Waals surface area contributed by atoms with Gasteiger partial charge in [0, 0.05) is 24.3 Å². The number of nitrogens with one attached hydrogen (secondary N) is 1. The van der Waals surface area contributed by atoms with E-state index in [0.717, 1.165) is 12.2 Å². The van der Waals surface area contributed by atoms with Gasteiger partial charge >= 0.3 is 0 Å². The number of hydrogen-bond donors (Lipinski definition) is 2. The summed E-state index contributed by atoms with van der Waals surface area (Å²) in [5, 5.41) is 15.1. The first-order valence-electron chi connectivity index (χ1n) is 5.94. The third kappa shape index (κ3) is 2.98. The molecule has 2 aromatic carbocycles. The van der Waals surface area contributed by atoms with Gasteiger partial charge in [-0.15, -0.1) is 0 Å². The first-order chi connectivity index (χ1) is 8.11. The van der Waals surface area contributed by atoms with Crippen molar-refractivity contribution in [2.24, 2.45) is 5.41 Å². The van der Waals surface area contributed by atoms with Crippen LogP contribution < -0.4 is 5.32 Å². The van der Waals surface area contributed by atoms with Gasteiger partial charge in [0.05, 0.1) is 0 Å². The van der Waals surface area contributed by atoms with Crippen molar-refractivity contribution in [2.75, 3.05) is 18.5 Å². The Morgan fingerprint density at radius 2 is 1.76 bits per heavy atom. The van der Waals surface area contributed by atoms with Crippen molar-refractivity contribution >= 4 is 16.5 Å². The van der Waals surface area contributed by atoms with E-state index in [1.807, 2.05) is 26.0 Å². The van der Waals surface area contributed by atoms with Crippen LogP contribution in [0.3, 0.4) is 0 Å². The lowest BCUT2D eigenvalue weighted by atomic mass is 9.95. The zero-order valence-corrected chi connectivity index (χ0v) is 10.4. The highest BCUT2D eigenvalue weighted by molar-refractivity contribution is 5.85. The fraction of sp³-hybridized carbons (Fsp3) is 0.333. The molecule has 2 aromatic rings. The Morgan fingerprint density at radius 3 is 2.47 bits per heavy atom. The van der Waals surface area contributed by atoms with Crippen LogP contribution in [0.1, 0.15) is 13.8 Å². The predicted molar refractivity (Wildman–Crippen MR) is 73.3 cm³/mol. The molecular formula is C15H19NO. The number of aliphatic hydroxyl groups excluding tert-OH is 1. The summed E-state index contributed by atoms with van der Waals surface area (Å²) in [4.78, 5) is 0. The van der Waals surface area contributed by atoms with Crippen LogP contribution in [0, 0.1) is 5.41 Å². The normalized spacial score (nSPS) is 11.7. The van der Waals surface area contributed by atoms with Crippen molar-refractivity contribution in [2.45, 2.75) is 13.8 Å². The molecule has 2 N–H and O–H groups in total. The molecule has 0 aromatic heterocycles. The van der Waals surface area contributed by atoms with Crippen molar-refractivity contribution in [3.05, 3.63) is 42.5 Å². The van der Waals surface area contributed by atoms with Gasteiger partial charge in [-0.3, -0.25) is 0 Å². The van der Waals surface area contributed by atoms with Crippen molar-refractivity contribution in [3.8, 4) is 0 Å². The molecule has 0 bridgehead atoms. The van der Waals surface area contributed by atoms with E-state index in [4.69, 9.17) is 0 Å². The van der Waals surface area contributed by atoms with E-state index < -0.39 is 0 Å². The van der Waals surface area contributed by atoms with Gasteiger partial charge in [0.15, 0.2) is 0 Å². The number of benzene rings is 2. The largest absolute Gasteiger partial charge is 0.396 e. The SMILES string of the molecule is CC(C)(CO)CNc1ccc2ccccc2c1. The Bertz CT molecular complexity index is 505. The van der Waals surface area contributed by atoms with Gasteiger partial charge in [-0.1, -0.05) is 44.2 Å².